The molecule has 0 bridgehead atoms. The minimum Gasteiger partial charge on any atom is -0.491 e. The van der Waals surface area contributed by atoms with Gasteiger partial charge in [0.05, 0.1) is 17.7 Å². The summed E-state index contributed by atoms with van der Waals surface area (Å²) in [5, 5.41) is 5.47. The summed E-state index contributed by atoms with van der Waals surface area (Å²) >= 11 is 0. The van der Waals surface area contributed by atoms with Gasteiger partial charge in [-0.2, -0.15) is 0 Å². The Labute approximate surface area is 164 Å². The molecule has 0 saturated heterocycles. The van der Waals surface area contributed by atoms with Crippen LogP contribution in [0.4, 0.5) is 4.79 Å². The van der Waals surface area contributed by atoms with E-state index in [4.69, 9.17) is 9.47 Å². The normalized spacial score (nSPS) is 16.4. The minimum atomic E-state index is -0.660. The van der Waals surface area contributed by atoms with E-state index in [1.165, 1.54) is 0 Å². The maximum atomic E-state index is 12.9. The minimum absolute atomic E-state index is 0.0443. The lowest BCUT2D eigenvalue weighted by molar-refractivity contribution is -0.140. The van der Waals surface area contributed by atoms with Crippen LogP contribution in [0.15, 0.2) is 65.9 Å². The van der Waals surface area contributed by atoms with Gasteiger partial charge in [-0.3, -0.25) is 0 Å². The second kappa shape index (κ2) is 8.61. The smallest absolute Gasteiger partial charge is 0.338 e. The lowest BCUT2D eigenvalue weighted by atomic mass is 9.95. The van der Waals surface area contributed by atoms with Crippen molar-refractivity contribution in [2.75, 3.05) is 0 Å². The van der Waals surface area contributed by atoms with Crippen molar-refractivity contribution >= 4 is 12.0 Å². The van der Waals surface area contributed by atoms with Crippen molar-refractivity contribution in [3.8, 4) is 5.75 Å². The average Bonchev–Trinajstić information content (AvgIpc) is 2.66. The number of esters is 1. The van der Waals surface area contributed by atoms with Crippen LogP contribution < -0.4 is 15.4 Å². The van der Waals surface area contributed by atoms with Crippen LogP contribution in [0.1, 0.15) is 37.9 Å². The van der Waals surface area contributed by atoms with E-state index in [1.807, 2.05) is 68.4 Å². The highest BCUT2D eigenvalue weighted by Gasteiger charge is 2.34. The zero-order chi connectivity index (χ0) is 20.1. The molecule has 146 valence electrons. The lowest BCUT2D eigenvalue weighted by Crippen LogP contribution is -2.45. The van der Waals surface area contributed by atoms with E-state index in [1.54, 1.807) is 6.92 Å². The molecule has 0 unspecified atom stereocenters. The van der Waals surface area contributed by atoms with E-state index in [-0.39, 0.29) is 18.7 Å². The molecule has 1 aliphatic rings. The van der Waals surface area contributed by atoms with Gasteiger partial charge in [0.1, 0.15) is 12.4 Å². The number of hydrogen-bond donors (Lipinski definition) is 2. The van der Waals surface area contributed by atoms with Crippen molar-refractivity contribution in [2.24, 2.45) is 0 Å². The molecule has 2 aromatic carbocycles. The molecule has 0 fully saturated rings. The van der Waals surface area contributed by atoms with Gasteiger partial charge in [-0.25, -0.2) is 9.59 Å². The van der Waals surface area contributed by atoms with Crippen molar-refractivity contribution in [3.05, 3.63) is 77.0 Å². The molecule has 0 radical (unpaired) electrons. The number of rotatable bonds is 6. The van der Waals surface area contributed by atoms with Gasteiger partial charge in [0.15, 0.2) is 0 Å². The maximum absolute atomic E-state index is 12.9. The van der Waals surface area contributed by atoms with E-state index in [0.29, 0.717) is 22.6 Å². The first kappa shape index (κ1) is 19.5. The number of hydrogen-bond acceptors (Lipinski definition) is 4. The third-order valence-electron chi connectivity index (χ3n) is 4.29. The summed E-state index contributed by atoms with van der Waals surface area (Å²) in [5.41, 5.74) is 2.42. The van der Waals surface area contributed by atoms with Crippen molar-refractivity contribution < 1.29 is 19.1 Å². The maximum Gasteiger partial charge on any atom is 0.338 e. The molecule has 0 aliphatic carbocycles. The van der Waals surface area contributed by atoms with Crippen molar-refractivity contribution in [2.45, 2.75) is 39.5 Å². The second-order valence-corrected chi connectivity index (χ2v) is 6.84. The second-order valence-electron chi connectivity index (χ2n) is 6.84. The van der Waals surface area contributed by atoms with Crippen LogP contribution in [0.3, 0.4) is 0 Å². The fraction of sp³-hybridized carbons (Fsp3) is 0.273. The number of para-hydroxylation sites is 1. The standard InChI is InChI=1S/C22H24N2O4/c1-14(2)28-18-12-8-7-11-17(18)20-19(15(3)23-22(26)24-20)21(25)27-13-16-9-5-4-6-10-16/h4-12,14,20H,13H2,1-3H3,(H2,23,24,26)/t20-/m0/s1. The Kier molecular flexibility index (Phi) is 5.99. The number of nitrogens with one attached hydrogen (secondary N) is 2. The van der Waals surface area contributed by atoms with Crippen LogP contribution in [0.25, 0.3) is 0 Å². The molecule has 1 atom stereocenters. The number of ether oxygens (including phenoxy) is 2. The fourth-order valence-corrected chi connectivity index (χ4v) is 3.08. The summed E-state index contributed by atoms with van der Waals surface area (Å²) in [6, 6.07) is 15.8. The van der Waals surface area contributed by atoms with Crippen LogP contribution in [0.5, 0.6) is 5.75 Å². The molecule has 6 nitrogen and oxygen atoms in total. The summed E-state index contributed by atoms with van der Waals surface area (Å²) in [5.74, 6) is 0.129. The van der Waals surface area contributed by atoms with Crippen molar-refractivity contribution in [1.82, 2.24) is 10.6 Å². The molecule has 1 heterocycles. The molecule has 1 aliphatic heterocycles. The molecule has 0 aromatic heterocycles. The van der Waals surface area contributed by atoms with E-state index in [0.717, 1.165) is 5.56 Å². The first-order chi connectivity index (χ1) is 13.5. The Hall–Kier alpha value is -3.28. The molecule has 3 rings (SSSR count). The Bertz CT molecular complexity index is 890. The van der Waals surface area contributed by atoms with Gasteiger partial charge in [0, 0.05) is 11.3 Å². The SMILES string of the molecule is CC1=C(C(=O)OCc2ccccc2)[C@H](c2ccccc2OC(C)C)NC(=O)N1. The third kappa shape index (κ3) is 4.52. The number of urea groups is 1. The molecule has 0 spiro atoms. The first-order valence-corrected chi connectivity index (χ1v) is 9.20. The topological polar surface area (TPSA) is 76.7 Å². The molecular weight excluding hydrogens is 356 g/mol. The van der Waals surface area contributed by atoms with Gasteiger partial charge in [-0.1, -0.05) is 48.5 Å². The summed E-state index contributed by atoms with van der Waals surface area (Å²) in [7, 11) is 0. The molecule has 6 heteroatoms. The predicted molar refractivity (Wildman–Crippen MR) is 106 cm³/mol. The zero-order valence-electron chi connectivity index (χ0n) is 16.2. The predicted octanol–water partition coefficient (Wildman–Crippen LogP) is 3.85. The van der Waals surface area contributed by atoms with Crippen molar-refractivity contribution in [3.63, 3.8) is 0 Å². The Balaban J connectivity index is 1.90. The number of allylic oxidation sites excluding steroid dienone is 1. The molecule has 0 saturated carbocycles. The largest absolute Gasteiger partial charge is 0.491 e. The molecule has 2 amide bonds. The molecular formula is C22H24N2O4. The zero-order valence-corrected chi connectivity index (χ0v) is 16.2. The highest BCUT2D eigenvalue weighted by Crippen LogP contribution is 2.34. The van der Waals surface area contributed by atoms with Crippen LogP contribution >= 0.6 is 0 Å². The lowest BCUT2D eigenvalue weighted by Gasteiger charge is -2.29. The van der Waals surface area contributed by atoms with Crippen LogP contribution in [-0.4, -0.2) is 18.1 Å². The number of carbonyl (C=O) groups is 2. The van der Waals surface area contributed by atoms with E-state index in [9.17, 15) is 9.59 Å². The highest BCUT2D eigenvalue weighted by atomic mass is 16.5. The number of carbonyl (C=O) groups excluding carboxylic acids is 2. The van der Waals surface area contributed by atoms with Gasteiger partial charge in [-0.15, -0.1) is 0 Å². The third-order valence-corrected chi connectivity index (χ3v) is 4.29. The summed E-state index contributed by atoms with van der Waals surface area (Å²) in [6.07, 6.45) is -0.0443. The van der Waals surface area contributed by atoms with E-state index < -0.39 is 12.0 Å². The first-order valence-electron chi connectivity index (χ1n) is 9.20. The summed E-state index contributed by atoms with van der Waals surface area (Å²) in [4.78, 5) is 25.0. The monoisotopic (exact) mass is 380 g/mol. The Morgan fingerprint density at radius 3 is 2.46 bits per heavy atom. The van der Waals surface area contributed by atoms with Gasteiger partial charge in [0.25, 0.3) is 0 Å². The Morgan fingerprint density at radius 2 is 1.75 bits per heavy atom. The van der Waals surface area contributed by atoms with Crippen LogP contribution in [0, 0.1) is 0 Å². The summed E-state index contributed by atoms with van der Waals surface area (Å²) in [6.45, 7) is 5.69. The molecule has 2 aromatic rings. The number of amides is 2. The van der Waals surface area contributed by atoms with Gasteiger partial charge >= 0.3 is 12.0 Å². The fourth-order valence-electron chi connectivity index (χ4n) is 3.08. The van der Waals surface area contributed by atoms with E-state index in [2.05, 4.69) is 10.6 Å². The average molecular weight is 380 g/mol. The van der Waals surface area contributed by atoms with Crippen LogP contribution in [-0.2, 0) is 16.1 Å². The van der Waals surface area contributed by atoms with Gasteiger partial charge in [-0.05, 0) is 32.4 Å². The van der Waals surface area contributed by atoms with Gasteiger partial charge < -0.3 is 20.1 Å². The van der Waals surface area contributed by atoms with Crippen LogP contribution in [0.2, 0.25) is 0 Å². The van der Waals surface area contributed by atoms with Gasteiger partial charge in [0.2, 0.25) is 0 Å². The molecule has 2 N–H and O–H groups in total. The van der Waals surface area contributed by atoms with E-state index >= 15 is 0 Å². The van der Waals surface area contributed by atoms with Crippen molar-refractivity contribution in [1.29, 1.82) is 0 Å². The Morgan fingerprint density at radius 1 is 1.07 bits per heavy atom. The molecule has 28 heavy (non-hydrogen) atoms. The highest BCUT2D eigenvalue weighted by molar-refractivity contribution is 5.95. The summed E-state index contributed by atoms with van der Waals surface area (Å²) < 4.78 is 11.4. The number of benzene rings is 2. The quantitative estimate of drug-likeness (QED) is 0.747.